The third-order valence-corrected chi connectivity index (χ3v) is 3.51. The Labute approximate surface area is 131 Å². The molecule has 116 valence electrons. The van der Waals surface area contributed by atoms with Crippen molar-refractivity contribution in [1.82, 2.24) is 4.98 Å². The highest BCUT2D eigenvalue weighted by atomic mass is 32.1. The summed E-state index contributed by atoms with van der Waals surface area (Å²) in [6.07, 6.45) is 1.31. The molecule has 0 radical (unpaired) electrons. The number of hydrogen-bond acceptors (Lipinski definition) is 7. The summed E-state index contributed by atoms with van der Waals surface area (Å²) in [7, 11) is 0. The van der Waals surface area contributed by atoms with Gasteiger partial charge in [0.1, 0.15) is 11.3 Å². The van der Waals surface area contributed by atoms with Crippen molar-refractivity contribution in [1.29, 1.82) is 0 Å². The van der Waals surface area contributed by atoms with Crippen molar-refractivity contribution < 1.29 is 9.53 Å². The maximum absolute atomic E-state index is 12.5. The van der Waals surface area contributed by atoms with Crippen LogP contribution in [0.4, 0.5) is 15.8 Å². The number of nitroso groups, excluding NO2 is 1. The first-order valence-electron chi connectivity index (χ1n) is 6.79. The summed E-state index contributed by atoms with van der Waals surface area (Å²) >= 11 is 1.01. The van der Waals surface area contributed by atoms with Gasteiger partial charge in [-0.2, -0.15) is 0 Å². The number of carbonyl (C=O) groups excluding carboxylic acids is 1. The molecule has 0 aliphatic rings. The number of amides is 1. The van der Waals surface area contributed by atoms with E-state index < -0.39 is 0 Å². The fraction of sp³-hybridized carbons (Fsp3) is 0.286. The molecule has 0 unspecified atom stereocenters. The summed E-state index contributed by atoms with van der Waals surface area (Å²) in [6.45, 7) is 4.92. The molecule has 1 aromatic heterocycles. The average molecular weight is 320 g/mol. The van der Waals surface area contributed by atoms with Crippen molar-refractivity contribution >= 4 is 33.1 Å². The molecule has 2 N–H and O–H groups in total. The van der Waals surface area contributed by atoms with Crippen molar-refractivity contribution in [2.24, 2.45) is 5.18 Å². The predicted octanol–water partition coefficient (Wildman–Crippen LogP) is 3.62. The first-order valence-corrected chi connectivity index (χ1v) is 7.61. The number of benzene rings is 1. The molecule has 0 bridgehead atoms. The van der Waals surface area contributed by atoms with Crippen LogP contribution < -0.4 is 15.4 Å². The highest BCUT2D eigenvalue weighted by Crippen LogP contribution is 2.30. The highest BCUT2D eigenvalue weighted by Gasteiger charge is 2.18. The molecule has 2 rings (SSSR count). The molecule has 1 heterocycles. The van der Waals surface area contributed by atoms with E-state index in [1.807, 2.05) is 19.9 Å². The van der Waals surface area contributed by atoms with Gasteiger partial charge in [-0.15, -0.1) is 4.91 Å². The van der Waals surface area contributed by atoms with Crippen LogP contribution in [0.1, 0.15) is 24.2 Å². The lowest BCUT2D eigenvalue weighted by molar-refractivity contribution is 0.102. The average Bonchev–Trinajstić information content (AvgIpc) is 2.95. The van der Waals surface area contributed by atoms with Crippen LogP contribution in [0.5, 0.6) is 5.75 Å². The Bertz CT molecular complexity index is 648. The van der Waals surface area contributed by atoms with Gasteiger partial charge in [0, 0.05) is 6.54 Å². The van der Waals surface area contributed by atoms with E-state index >= 15 is 0 Å². The summed E-state index contributed by atoms with van der Waals surface area (Å²) in [5.74, 6) is 0.135. The number of thiazole rings is 1. The fourth-order valence-corrected chi connectivity index (χ4v) is 2.49. The van der Waals surface area contributed by atoms with Crippen molar-refractivity contribution in [3.8, 4) is 5.75 Å². The Kier molecular flexibility index (Phi) is 5.42. The number of hydrogen-bond donors (Lipinski definition) is 2. The van der Waals surface area contributed by atoms with Crippen LogP contribution in [0, 0.1) is 4.91 Å². The maximum atomic E-state index is 12.5. The zero-order chi connectivity index (χ0) is 15.9. The zero-order valence-corrected chi connectivity index (χ0v) is 13.1. The molecule has 0 fully saturated rings. The lowest BCUT2D eigenvalue weighted by atomic mass is 10.1. The first-order chi connectivity index (χ1) is 10.7. The standard InChI is InChI=1S/C14H16N4O3S/c1-3-15-9-6-5-7-10(21-4-2)12(9)13(19)17-14-16-8-11(18-20)22-14/h5-8,15H,3-4H2,1-2H3,(H,16,17,19). The SMILES string of the molecule is CCNc1cccc(OCC)c1C(=O)Nc1ncc(N=O)s1. The summed E-state index contributed by atoms with van der Waals surface area (Å²) in [5, 5.41) is 9.10. The van der Waals surface area contributed by atoms with Gasteiger partial charge in [-0.05, 0) is 31.2 Å². The summed E-state index contributed by atoms with van der Waals surface area (Å²) in [6, 6.07) is 5.36. The Morgan fingerprint density at radius 1 is 1.41 bits per heavy atom. The summed E-state index contributed by atoms with van der Waals surface area (Å²) in [5.41, 5.74) is 1.08. The van der Waals surface area contributed by atoms with Gasteiger partial charge >= 0.3 is 0 Å². The van der Waals surface area contributed by atoms with E-state index in [2.05, 4.69) is 20.8 Å². The molecule has 0 saturated heterocycles. The van der Waals surface area contributed by atoms with E-state index in [0.717, 1.165) is 11.3 Å². The molecule has 0 aliphatic carbocycles. The topological polar surface area (TPSA) is 92.7 Å². The van der Waals surface area contributed by atoms with Crippen molar-refractivity contribution in [3.63, 3.8) is 0 Å². The van der Waals surface area contributed by atoms with Gasteiger partial charge in [-0.3, -0.25) is 10.1 Å². The quantitative estimate of drug-likeness (QED) is 0.760. The Balaban J connectivity index is 2.31. The van der Waals surface area contributed by atoms with E-state index in [1.54, 1.807) is 12.1 Å². The van der Waals surface area contributed by atoms with Gasteiger partial charge in [-0.25, -0.2) is 4.98 Å². The highest BCUT2D eigenvalue weighted by molar-refractivity contribution is 7.19. The minimum absolute atomic E-state index is 0.209. The zero-order valence-electron chi connectivity index (χ0n) is 12.3. The van der Waals surface area contributed by atoms with Crippen LogP contribution in [-0.2, 0) is 0 Å². The number of nitrogens with one attached hydrogen (secondary N) is 2. The number of nitrogens with zero attached hydrogens (tertiary/aromatic N) is 2. The van der Waals surface area contributed by atoms with Crippen LogP contribution >= 0.6 is 11.3 Å². The Morgan fingerprint density at radius 3 is 2.86 bits per heavy atom. The molecule has 0 saturated carbocycles. The van der Waals surface area contributed by atoms with Gasteiger partial charge < -0.3 is 10.1 Å². The molecule has 22 heavy (non-hydrogen) atoms. The summed E-state index contributed by atoms with van der Waals surface area (Å²) < 4.78 is 5.52. The lowest BCUT2D eigenvalue weighted by Gasteiger charge is -2.14. The van der Waals surface area contributed by atoms with Crippen LogP contribution in [0.2, 0.25) is 0 Å². The number of anilines is 2. The fourth-order valence-electron chi connectivity index (χ4n) is 1.90. The number of ether oxygens (including phenoxy) is 1. The molecular weight excluding hydrogens is 304 g/mol. The van der Waals surface area contributed by atoms with Crippen LogP contribution in [0.3, 0.4) is 0 Å². The molecule has 2 aromatic rings. The second-order valence-electron chi connectivity index (χ2n) is 4.19. The van der Waals surface area contributed by atoms with Crippen LogP contribution in [0.25, 0.3) is 0 Å². The molecule has 1 amide bonds. The van der Waals surface area contributed by atoms with Crippen LogP contribution in [0.15, 0.2) is 29.6 Å². The molecule has 0 spiro atoms. The van der Waals surface area contributed by atoms with E-state index in [-0.39, 0.29) is 10.9 Å². The normalized spacial score (nSPS) is 10.1. The molecule has 0 atom stereocenters. The van der Waals surface area contributed by atoms with E-state index in [9.17, 15) is 9.70 Å². The van der Waals surface area contributed by atoms with Gasteiger partial charge in [-0.1, -0.05) is 17.4 Å². The lowest BCUT2D eigenvalue weighted by Crippen LogP contribution is -2.16. The minimum atomic E-state index is -0.355. The predicted molar refractivity (Wildman–Crippen MR) is 87.3 cm³/mol. The smallest absolute Gasteiger partial charge is 0.263 e. The third-order valence-electron chi connectivity index (χ3n) is 2.72. The number of carbonyl (C=O) groups is 1. The third kappa shape index (κ3) is 3.59. The van der Waals surface area contributed by atoms with Gasteiger partial charge in [0.25, 0.3) is 5.91 Å². The van der Waals surface area contributed by atoms with Gasteiger partial charge in [0.05, 0.1) is 18.5 Å². The Hall–Kier alpha value is -2.48. The largest absolute Gasteiger partial charge is 0.493 e. The van der Waals surface area contributed by atoms with Crippen molar-refractivity contribution in [3.05, 3.63) is 34.9 Å². The molecule has 1 aromatic carbocycles. The van der Waals surface area contributed by atoms with Crippen LogP contribution in [-0.4, -0.2) is 24.0 Å². The number of aromatic nitrogens is 1. The van der Waals surface area contributed by atoms with Gasteiger partial charge in [0.15, 0.2) is 10.1 Å². The summed E-state index contributed by atoms with van der Waals surface area (Å²) in [4.78, 5) is 26.9. The van der Waals surface area contributed by atoms with Crippen molar-refractivity contribution in [2.75, 3.05) is 23.8 Å². The maximum Gasteiger partial charge on any atom is 0.263 e. The molecule has 7 nitrogen and oxygen atoms in total. The monoisotopic (exact) mass is 320 g/mol. The second-order valence-corrected chi connectivity index (χ2v) is 5.20. The molecule has 8 heteroatoms. The Morgan fingerprint density at radius 2 is 2.23 bits per heavy atom. The molecule has 0 aliphatic heterocycles. The van der Waals surface area contributed by atoms with Crippen molar-refractivity contribution in [2.45, 2.75) is 13.8 Å². The van der Waals surface area contributed by atoms with E-state index in [1.165, 1.54) is 6.20 Å². The number of rotatable bonds is 7. The van der Waals surface area contributed by atoms with E-state index in [4.69, 9.17) is 4.74 Å². The van der Waals surface area contributed by atoms with Gasteiger partial charge in [0.2, 0.25) is 0 Å². The minimum Gasteiger partial charge on any atom is -0.493 e. The molecular formula is C14H16N4O3S. The first kappa shape index (κ1) is 15.9. The van der Waals surface area contributed by atoms with E-state index in [0.29, 0.717) is 35.3 Å². The second kappa shape index (κ2) is 7.51.